The van der Waals surface area contributed by atoms with Crippen LogP contribution in [0.5, 0.6) is 0 Å². The van der Waals surface area contributed by atoms with Crippen LogP contribution in [0.25, 0.3) is 0 Å². The van der Waals surface area contributed by atoms with Crippen molar-refractivity contribution in [1.82, 2.24) is 4.98 Å². The van der Waals surface area contributed by atoms with Gasteiger partial charge < -0.3 is 0 Å². The highest BCUT2D eigenvalue weighted by Gasteiger charge is 2.37. The van der Waals surface area contributed by atoms with Crippen molar-refractivity contribution in [3.63, 3.8) is 0 Å². The molecule has 2 rings (SSSR count). The standard InChI is InChI=1S/C14H8F6N2O2S/c1-6(23)10-5-25-12(21-10)22-11(24)7-2-8(13(15,16)17)4-9(3-7)14(18,19)20/h2-5H,1H3,(H,21,22,24). The van der Waals surface area contributed by atoms with E-state index in [0.29, 0.717) is 12.1 Å². The highest BCUT2D eigenvalue weighted by Crippen LogP contribution is 2.36. The molecule has 11 heteroatoms. The molecule has 1 heterocycles. The molecule has 134 valence electrons. The number of anilines is 1. The number of aromatic nitrogens is 1. The van der Waals surface area contributed by atoms with Gasteiger partial charge in [-0.3, -0.25) is 14.9 Å². The summed E-state index contributed by atoms with van der Waals surface area (Å²) >= 11 is 0.812. The van der Waals surface area contributed by atoms with Crippen LogP contribution in [0.2, 0.25) is 0 Å². The van der Waals surface area contributed by atoms with Gasteiger partial charge in [0.25, 0.3) is 5.91 Å². The summed E-state index contributed by atoms with van der Waals surface area (Å²) in [6, 6.07) is 0.544. The van der Waals surface area contributed by atoms with Crippen LogP contribution in [0.1, 0.15) is 38.9 Å². The average Bonchev–Trinajstić information content (AvgIpc) is 2.93. The Morgan fingerprint density at radius 3 is 1.92 bits per heavy atom. The topological polar surface area (TPSA) is 59.1 Å². The average molecular weight is 382 g/mol. The van der Waals surface area contributed by atoms with E-state index in [2.05, 4.69) is 10.3 Å². The maximum Gasteiger partial charge on any atom is 0.416 e. The maximum absolute atomic E-state index is 12.8. The highest BCUT2D eigenvalue weighted by atomic mass is 32.1. The Kier molecular flexibility index (Phi) is 4.89. The van der Waals surface area contributed by atoms with Crippen LogP contribution in [-0.4, -0.2) is 16.7 Å². The Morgan fingerprint density at radius 1 is 1.00 bits per heavy atom. The molecule has 1 N–H and O–H groups in total. The fourth-order valence-corrected chi connectivity index (χ4v) is 2.49. The minimum absolute atomic E-state index is 0.0142. The third-order valence-corrected chi connectivity index (χ3v) is 3.69. The molecule has 0 saturated carbocycles. The van der Waals surface area contributed by atoms with Crippen LogP contribution in [0, 0.1) is 0 Å². The van der Waals surface area contributed by atoms with Crippen LogP contribution < -0.4 is 5.32 Å². The molecule has 0 aliphatic heterocycles. The summed E-state index contributed by atoms with van der Waals surface area (Å²) in [7, 11) is 0. The first-order chi connectivity index (χ1) is 11.4. The normalized spacial score (nSPS) is 12.1. The number of hydrogen-bond acceptors (Lipinski definition) is 4. The summed E-state index contributed by atoms with van der Waals surface area (Å²) in [5.41, 5.74) is -4.02. The van der Waals surface area contributed by atoms with Gasteiger partial charge in [0.05, 0.1) is 11.1 Å². The van der Waals surface area contributed by atoms with Crippen molar-refractivity contribution in [1.29, 1.82) is 0 Å². The first-order valence-corrected chi connectivity index (χ1v) is 7.33. The van der Waals surface area contributed by atoms with Crippen molar-refractivity contribution in [3.8, 4) is 0 Å². The van der Waals surface area contributed by atoms with Gasteiger partial charge in [0, 0.05) is 17.9 Å². The second-order valence-electron chi connectivity index (χ2n) is 4.84. The minimum Gasteiger partial charge on any atom is -0.298 e. The van der Waals surface area contributed by atoms with E-state index in [1.807, 2.05) is 0 Å². The Morgan fingerprint density at radius 2 is 1.52 bits per heavy atom. The number of thiazole rings is 1. The number of nitrogens with one attached hydrogen (secondary N) is 1. The molecule has 1 aromatic heterocycles. The number of nitrogens with zero attached hydrogens (tertiary/aromatic N) is 1. The second kappa shape index (κ2) is 6.47. The van der Waals surface area contributed by atoms with Gasteiger partial charge in [-0.15, -0.1) is 11.3 Å². The van der Waals surface area contributed by atoms with Gasteiger partial charge in [-0.1, -0.05) is 0 Å². The summed E-state index contributed by atoms with van der Waals surface area (Å²) in [4.78, 5) is 26.8. The molecule has 1 aromatic carbocycles. The Bertz CT molecular complexity index is 793. The van der Waals surface area contributed by atoms with Crippen molar-refractivity contribution >= 4 is 28.2 Å². The van der Waals surface area contributed by atoms with Gasteiger partial charge >= 0.3 is 12.4 Å². The number of hydrogen-bond donors (Lipinski definition) is 1. The van der Waals surface area contributed by atoms with E-state index in [1.165, 1.54) is 12.3 Å². The third-order valence-electron chi connectivity index (χ3n) is 2.94. The zero-order chi connectivity index (χ0) is 19.0. The zero-order valence-corrected chi connectivity index (χ0v) is 13.1. The summed E-state index contributed by atoms with van der Waals surface area (Å²) in [6.07, 6.45) is -10.1. The molecule has 0 bridgehead atoms. The number of carbonyl (C=O) groups excluding carboxylic acids is 2. The van der Waals surface area contributed by atoms with E-state index in [0.717, 1.165) is 11.3 Å². The molecule has 0 saturated heterocycles. The van der Waals surface area contributed by atoms with Crippen LogP contribution in [-0.2, 0) is 12.4 Å². The monoisotopic (exact) mass is 382 g/mol. The molecule has 1 amide bonds. The Hall–Kier alpha value is -2.43. The molecule has 0 aliphatic carbocycles. The molecule has 0 atom stereocenters. The predicted octanol–water partition coefficient (Wildman–Crippen LogP) is 4.64. The van der Waals surface area contributed by atoms with E-state index >= 15 is 0 Å². The highest BCUT2D eigenvalue weighted by molar-refractivity contribution is 7.14. The molecule has 25 heavy (non-hydrogen) atoms. The van der Waals surface area contributed by atoms with Crippen LogP contribution in [0.15, 0.2) is 23.6 Å². The summed E-state index contributed by atoms with van der Waals surface area (Å²) in [5.74, 6) is -1.61. The molecule has 2 aromatic rings. The largest absolute Gasteiger partial charge is 0.416 e. The van der Waals surface area contributed by atoms with E-state index in [9.17, 15) is 35.9 Å². The molecule has 0 fully saturated rings. The number of rotatable bonds is 3. The fourth-order valence-electron chi connectivity index (χ4n) is 1.75. The quantitative estimate of drug-likeness (QED) is 0.622. The molecule has 0 spiro atoms. The summed E-state index contributed by atoms with van der Waals surface area (Å²) in [5, 5.41) is 3.25. The molecule has 4 nitrogen and oxygen atoms in total. The van der Waals surface area contributed by atoms with Gasteiger partial charge in [0.2, 0.25) is 0 Å². The van der Waals surface area contributed by atoms with Gasteiger partial charge in [-0.05, 0) is 18.2 Å². The van der Waals surface area contributed by atoms with Crippen LogP contribution in [0.3, 0.4) is 0 Å². The van der Waals surface area contributed by atoms with E-state index in [-0.39, 0.29) is 16.9 Å². The molecular formula is C14H8F6N2O2S. The van der Waals surface area contributed by atoms with Gasteiger partial charge in [-0.2, -0.15) is 26.3 Å². The van der Waals surface area contributed by atoms with Crippen LogP contribution in [0.4, 0.5) is 31.5 Å². The van der Waals surface area contributed by atoms with Gasteiger partial charge in [0.15, 0.2) is 10.9 Å². The number of alkyl halides is 6. The number of halogens is 6. The van der Waals surface area contributed by atoms with Crippen molar-refractivity contribution in [2.24, 2.45) is 0 Å². The Balaban J connectivity index is 2.39. The Labute approximate surface area is 140 Å². The van der Waals surface area contributed by atoms with E-state index in [1.54, 1.807) is 0 Å². The van der Waals surface area contributed by atoms with E-state index < -0.39 is 40.7 Å². The second-order valence-corrected chi connectivity index (χ2v) is 5.70. The summed E-state index contributed by atoms with van der Waals surface area (Å²) in [6.45, 7) is 1.21. The molecular weight excluding hydrogens is 374 g/mol. The number of ketones is 1. The molecule has 0 unspecified atom stereocenters. The first kappa shape index (κ1) is 18.9. The number of Topliss-reactive ketones (excluding diaryl/α,β-unsaturated/α-hetero) is 1. The minimum atomic E-state index is -5.06. The lowest BCUT2D eigenvalue weighted by atomic mass is 10.0. The maximum atomic E-state index is 12.8. The third kappa shape index (κ3) is 4.56. The van der Waals surface area contributed by atoms with Crippen molar-refractivity contribution < 1.29 is 35.9 Å². The number of amides is 1. The lowest BCUT2D eigenvalue weighted by molar-refractivity contribution is -0.143. The number of benzene rings is 1. The fraction of sp³-hybridized carbons (Fsp3) is 0.214. The van der Waals surface area contributed by atoms with Gasteiger partial charge in [-0.25, -0.2) is 4.98 Å². The van der Waals surface area contributed by atoms with Gasteiger partial charge in [0.1, 0.15) is 5.69 Å². The lowest BCUT2D eigenvalue weighted by Crippen LogP contribution is -2.17. The first-order valence-electron chi connectivity index (χ1n) is 6.45. The zero-order valence-electron chi connectivity index (χ0n) is 12.2. The molecule has 0 radical (unpaired) electrons. The van der Waals surface area contributed by atoms with Crippen LogP contribution >= 0.6 is 11.3 Å². The predicted molar refractivity (Wildman–Crippen MR) is 76.5 cm³/mol. The number of carbonyl (C=O) groups is 2. The van der Waals surface area contributed by atoms with Crippen molar-refractivity contribution in [2.75, 3.05) is 5.32 Å². The summed E-state index contributed by atoms with van der Waals surface area (Å²) < 4.78 is 76.6. The van der Waals surface area contributed by atoms with Crippen molar-refractivity contribution in [2.45, 2.75) is 19.3 Å². The van der Waals surface area contributed by atoms with E-state index in [4.69, 9.17) is 0 Å². The van der Waals surface area contributed by atoms with Crippen molar-refractivity contribution in [3.05, 3.63) is 46.0 Å². The SMILES string of the molecule is CC(=O)c1csc(NC(=O)c2cc(C(F)(F)F)cc(C(F)(F)F)c2)n1. The molecule has 0 aliphatic rings. The smallest absolute Gasteiger partial charge is 0.298 e. The lowest BCUT2D eigenvalue weighted by Gasteiger charge is -2.13.